The summed E-state index contributed by atoms with van der Waals surface area (Å²) >= 11 is 6.11. The molecule has 3 rings (SSSR count). The van der Waals surface area contributed by atoms with Crippen LogP contribution in [0.2, 0.25) is 5.02 Å². The number of ether oxygens (including phenoxy) is 1. The molecule has 0 bridgehead atoms. The van der Waals surface area contributed by atoms with Gasteiger partial charge in [0.2, 0.25) is 15.9 Å². The quantitative estimate of drug-likeness (QED) is 0.723. The van der Waals surface area contributed by atoms with Crippen molar-refractivity contribution in [2.24, 2.45) is 5.92 Å². The van der Waals surface area contributed by atoms with E-state index in [0.717, 1.165) is 11.3 Å². The SMILES string of the molecule is COc1ccc(CNC(=O)[C@H]2CCCN(S(=O)(=O)Cc3ccccc3Cl)C2)cc1. The zero-order chi connectivity index (χ0) is 20.9. The van der Waals surface area contributed by atoms with Crippen LogP contribution < -0.4 is 10.1 Å². The summed E-state index contributed by atoms with van der Waals surface area (Å²) in [5.41, 5.74) is 1.53. The van der Waals surface area contributed by atoms with Gasteiger partial charge in [-0.3, -0.25) is 4.79 Å². The molecule has 2 aromatic carbocycles. The molecule has 1 aliphatic heterocycles. The number of benzene rings is 2. The molecule has 2 aromatic rings. The van der Waals surface area contributed by atoms with E-state index in [2.05, 4.69) is 5.32 Å². The molecule has 8 heteroatoms. The molecule has 0 aromatic heterocycles. The number of sulfonamides is 1. The predicted octanol–water partition coefficient (Wildman–Crippen LogP) is 3.21. The average Bonchev–Trinajstić information content (AvgIpc) is 2.74. The van der Waals surface area contributed by atoms with Crippen LogP contribution >= 0.6 is 11.6 Å². The molecule has 0 spiro atoms. The standard InChI is InChI=1S/C21H25ClN2O4S/c1-28-19-10-8-16(9-11-19)13-23-21(25)17-6-4-12-24(14-17)29(26,27)15-18-5-2-3-7-20(18)22/h2-3,5,7-11,17H,4,6,12-15H2,1H3,(H,23,25)/t17-/m0/s1. The van der Waals surface area contributed by atoms with Crippen molar-refractivity contribution < 1.29 is 17.9 Å². The van der Waals surface area contributed by atoms with Crippen molar-refractivity contribution in [2.45, 2.75) is 25.1 Å². The van der Waals surface area contributed by atoms with Crippen LogP contribution in [0, 0.1) is 5.92 Å². The van der Waals surface area contributed by atoms with Crippen LogP contribution in [-0.4, -0.2) is 38.8 Å². The minimum Gasteiger partial charge on any atom is -0.497 e. The van der Waals surface area contributed by atoms with Gasteiger partial charge in [0.25, 0.3) is 0 Å². The Balaban J connectivity index is 1.58. The first-order valence-corrected chi connectivity index (χ1v) is 11.5. The Morgan fingerprint density at radius 1 is 1.21 bits per heavy atom. The van der Waals surface area contributed by atoms with Crippen molar-refractivity contribution in [1.29, 1.82) is 0 Å². The van der Waals surface area contributed by atoms with E-state index in [1.54, 1.807) is 31.4 Å². The lowest BCUT2D eigenvalue weighted by Gasteiger charge is -2.31. The van der Waals surface area contributed by atoms with Crippen LogP contribution in [0.5, 0.6) is 5.75 Å². The summed E-state index contributed by atoms with van der Waals surface area (Å²) in [5, 5.41) is 3.35. The van der Waals surface area contributed by atoms with Crippen molar-refractivity contribution in [1.82, 2.24) is 9.62 Å². The highest BCUT2D eigenvalue weighted by molar-refractivity contribution is 7.88. The van der Waals surface area contributed by atoms with E-state index in [0.29, 0.717) is 36.5 Å². The Morgan fingerprint density at radius 3 is 2.62 bits per heavy atom. The number of amides is 1. The molecular formula is C21H25ClN2O4S. The Morgan fingerprint density at radius 2 is 1.93 bits per heavy atom. The molecule has 1 fully saturated rings. The van der Waals surface area contributed by atoms with E-state index < -0.39 is 10.0 Å². The van der Waals surface area contributed by atoms with Gasteiger partial charge < -0.3 is 10.1 Å². The van der Waals surface area contributed by atoms with Crippen LogP contribution in [0.3, 0.4) is 0 Å². The van der Waals surface area contributed by atoms with E-state index in [1.165, 1.54) is 4.31 Å². The number of hydrogen-bond donors (Lipinski definition) is 1. The zero-order valence-electron chi connectivity index (χ0n) is 16.3. The number of rotatable bonds is 7. The first-order valence-electron chi connectivity index (χ1n) is 9.51. The molecule has 1 atom stereocenters. The molecule has 6 nitrogen and oxygen atoms in total. The highest BCUT2D eigenvalue weighted by Crippen LogP contribution is 2.24. The molecule has 1 saturated heterocycles. The van der Waals surface area contributed by atoms with Crippen molar-refractivity contribution in [3.63, 3.8) is 0 Å². The number of hydrogen-bond acceptors (Lipinski definition) is 4. The number of carbonyl (C=O) groups is 1. The molecular weight excluding hydrogens is 412 g/mol. The number of carbonyl (C=O) groups excluding carboxylic acids is 1. The van der Waals surface area contributed by atoms with Crippen molar-refractivity contribution in [3.8, 4) is 5.75 Å². The lowest BCUT2D eigenvalue weighted by atomic mass is 9.99. The number of nitrogens with one attached hydrogen (secondary N) is 1. The van der Waals surface area contributed by atoms with E-state index in [9.17, 15) is 13.2 Å². The van der Waals surface area contributed by atoms with E-state index in [-0.39, 0.29) is 24.1 Å². The minimum absolute atomic E-state index is 0.126. The molecule has 1 N–H and O–H groups in total. The third-order valence-electron chi connectivity index (χ3n) is 5.07. The third-order valence-corrected chi connectivity index (χ3v) is 7.23. The van der Waals surface area contributed by atoms with Gasteiger partial charge in [0.1, 0.15) is 5.75 Å². The number of piperidine rings is 1. The summed E-state index contributed by atoms with van der Waals surface area (Å²) in [6, 6.07) is 14.4. The Kier molecular flexibility index (Phi) is 7.16. The fourth-order valence-corrected chi connectivity index (χ4v) is 5.31. The molecule has 156 valence electrons. The first kappa shape index (κ1) is 21.6. The second kappa shape index (κ2) is 9.61. The zero-order valence-corrected chi connectivity index (χ0v) is 17.9. The van der Waals surface area contributed by atoms with Gasteiger partial charge in [-0.05, 0) is 42.2 Å². The Hall–Kier alpha value is -2.09. The summed E-state index contributed by atoms with van der Waals surface area (Å²) in [6.45, 7) is 1.02. The maximum Gasteiger partial charge on any atom is 0.224 e. The van der Waals surface area contributed by atoms with Crippen LogP contribution in [0.1, 0.15) is 24.0 Å². The number of methoxy groups -OCH3 is 1. The summed E-state index contributed by atoms with van der Waals surface area (Å²) in [6.07, 6.45) is 1.33. The summed E-state index contributed by atoms with van der Waals surface area (Å²) in [7, 11) is -1.94. The van der Waals surface area contributed by atoms with E-state index in [4.69, 9.17) is 16.3 Å². The summed E-state index contributed by atoms with van der Waals surface area (Å²) in [5.74, 6) is 0.112. The fourth-order valence-electron chi connectivity index (χ4n) is 3.39. The van der Waals surface area contributed by atoms with Crippen molar-refractivity contribution >= 4 is 27.5 Å². The molecule has 0 aliphatic carbocycles. The number of nitrogens with zero attached hydrogens (tertiary/aromatic N) is 1. The highest BCUT2D eigenvalue weighted by atomic mass is 35.5. The molecule has 0 unspecified atom stereocenters. The highest BCUT2D eigenvalue weighted by Gasteiger charge is 2.32. The van der Waals surface area contributed by atoms with Crippen LogP contribution in [0.25, 0.3) is 0 Å². The first-order chi connectivity index (χ1) is 13.9. The lowest BCUT2D eigenvalue weighted by molar-refractivity contribution is -0.126. The van der Waals surface area contributed by atoms with Gasteiger partial charge in [0.05, 0.1) is 18.8 Å². The largest absolute Gasteiger partial charge is 0.497 e. The van der Waals surface area contributed by atoms with Gasteiger partial charge in [-0.15, -0.1) is 0 Å². The maximum absolute atomic E-state index is 12.8. The predicted molar refractivity (Wildman–Crippen MR) is 113 cm³/mol. The maximum atomic E-state index is 12.8. The van der Waals surface area contributed by atoms with Crippen LogP contribution in [0.4, 0.5) is 0 Å². The number of halogens is 1. The fraction of sp³-hybridized carbons (Fsp3) is 0.381. The molecule has 1 amide bonds. The van der Waals surface area contributed by atoms with Gasteiger partial charge >= 0.3 is 0 Å². The van der Waals surface area contributed by atoms with Crippen LogP contribution in [-0.2, 0) is 27.1 Å². The molecule has 1 aliphatic rings. The average molecular weight is 437 g/mol. The molecule has 0 saturated carbocycles. The second-order valence-corrected chi connectivity index (χ2v) is 9.49. The Labute approximate surface area is 176 Å². The third kappa shape index (κ3) is 5.72. The van der Waals surface area contributed by atoms with Gasteiger partial charge in [-0.25, -0.2) is 12.7 Å². The smallest absolute Gasteiger partial charge is 0.224 e. The van der Waals surface area contributed by atoms with Gasteiger partial charge in [0.15, 0.2) is 0 Å². The second-order valence-electron chi connectivity index (χ2n) is 7.11. The van der Waals surface area contributed by atoms with E-state index >= 15 is 0 Å². The van der Waals surface area contributed by atoms with E-state index in [1.807, 2.05) is 24.3 Å². The van der Waals surface area contributed by atoms with Gasteiger partial charge in [-0.2, -0.15) is 0 Å². The normalized spacial score (nSPS) is 17.7. The summed E-state index contributed by atoms with van der Waals surface area (Å²) < 4.78 is 32.2. The van der Waals surface area contributed by atoms with Crippen LogP contribution in [0.15, 0.2) is 48.5 Å². The van der Waals surface area contributed by atoms with Crippen molar-refractivity contribution in [2.75, 3.05) is 20.2 Å². The summed E-state index contributed by atoms with van der Waals surface area (Å²) in [4.78, 5) is 12.6. The minimum atomic E-state index is -3.55. The topological polar surface area (TPSA) is 75.7 Å². The van der Waals surface area contributed by atoms with Gasteiger partial charge in [0, 0.05) is 24.7 Å². The Bertz CT molecular complexity index is 947. The molecule has 29 heavy (non-hydrogen) atoms. The lowest BCUT2D eigenvalue weighted by Crippen LogP contribution is -2.45. The molecule has 1 heterocycles. The monoisotopic (exact) mass is 436 g/mol. The molecule has 0 radical (unpaired) electrons. The van der Waals surface area contributed by atoms with Gasteiger partial charge in [-0.1, -0.05) is 41.9 Å². The van der Waals surface area contributed by atoms with Crippen molar-refractivity contribution in [3.05, 3.63) is 64.7 Å².